The number of benzene rings is 1. The van der Waals surface area contributed by atoms with E-state index in [4.69, 9.17) is 4.74 Å². The van der Waals surface area contributed by atoms with Crippen LogP contribution in [0.15, 0.2) is 42.5 Å². The quantitative estimate of drug-likeness (QED) is 0.289. The summed E-state index contributed by atoms with van der Waals surface area (Å²) >= 11 is 0. The smallest absolute Gasteiger partial charge is 0.337 e. The molecule has 0 spiro atoms. The normalized spacial score (nSPS) is 43.6. The maximum Gasteiger partial charge on any atom is 0.337 e. The van der Waals surface area contributed by atoms with E-state index in [-0.39, 0.29) is 33.5 Å². The Bertz CT molecular complexity index is 1340. The SMILES string of the molecule is C=C(C)[C@@H]1CC[C@]2(C(=O)O)CC[C@]3(C)[C@H](CCC4[C@@]5(C)CC=C(c6ccc(C(=O)OC)cc6)C(C)(C)C5CC[C@]43C)C12. The van der Waals surface area contributed by atoms with Crippen molar-refractivity contribution < 1.29 is 19.4 Å². The molecule has 42 heavy (non-hydrogen) atoms. The number of hydrogen-bond donors (Lipinski definition) is 1. The number of carbonyl (C=O) groups excluding carboxylic acids is 1. The van der Waals surface area contributed by atoms with Crippen LogP contribution in [0.1, 0.15) is 115 Å². The Balaban J connectivity index is 1.36. The van der Waals surface area contributed by atoms with Crippen molar-refractivity contribution in [2.75, 3.05) is 7.11 Å². The van der Waals surface area contributed by atoms with Gasteiger partial charge in [0.05, 0.1) is 18.1 Å². The molecular weight excluding hydrogens is 520 g/mol. The third kappa shape index (κ3) is 3.71. The summed E-state index contributed by atoms with van der Waals surface area (Å²) in [4.78, 5) is 25.0. The van der Waals surface area contributed by atoms with Crippen molar-refractivity contribution in [2.24, 2.45) is 56.7 Å². The zero-order chi connectivity index (χ0) is 30.5. The van der Waals surface area contributed by atoms with E-state index in [0.717, 1.165) is 38.5 Å². The minimum absolute atomic E-state index is 0.0143. The van der Waals surface area contributed by atoms with E-state index in [2.05, 4.69) is 66.3 Å². The van der Waals surface area contributed by atoms with Gasteiger partial charge in [-0.1, -0.05) is 65.0 Å². The maximum atomic E-state index is 12.9. The first kappa shape index (κ1) is 29.7. The van der Waals surface area contributed by atoms with Gasteiger partial charge in [0.2, 0.25) is 0 Å². The number of carbonyl (C=O) groups is 2. The highest BCUT2D eigenvalue weighted by atomic mass is 16.5. The van der Waals surface area contributed by atoms with Gasteiger partial charge in [0, 0.05) is 0 Å². The summed E-state index contributed by atoms with van der Waals surface area (Å²) in [7, 11) is 1.43. The molecule has 0 amide bonds. The fourth-order valence-electron chi connectivity index (χ4n) is 12.5. The Morgan fingerprint density at radius 2 is 1.57 bits per heavy atom. The van der Waals surface area contributed by atoms with Crippen LogP contribution in [0.2, 0.25) is 0 Å². The second-order valence-electron chi connectivity index (χ2n) is 16.3. The predicted octanol–water partition coefficient (Wildman–Crippen LogP) is 9.21. The molecule has 0 radical (unpaired) electrons. The monoisotopic (exact) mass is 572 g/mol. The lowest BCUT2D eigenvalue weighted by atomic mass is 9.32. The van der Waals surface area contributed by atoms with E-state index in [0.29, 0.717) is 29.2 Å². The van der Waals surface area contributed by atoms with Crippen LogP contribution in [0, 0.1) is 56.7 Å². The summed E-state index contributed by atoms with van der Waals surface area (Å²) in [6.07, 6.45) is 12.0. The molecule has 3 unspecified atom stereocenters. The van der Waals surface area contributed by atoms with E-state index < -0.39 is 11.4 Å². The number of hydrogen-bond acceptors (Lipinski definition) is 3. The summed E-state index contributed by atoms with van der Waals surface area (Å²) in [6, 6.07) is 7.98. The number of methoxy groups -OCH3 is 1. The summed E-state index contributed by atoms with van der Waals surface area (Å²) < 4.78 is 4.92. The van der Waals surface area contributed by atoms with Crippen molar-refractivity contribution >= 4 is 17.5 Å². The maximum absolute atomic E-state index is 12.9. The summed E-state index contributed by atoms with van der Waals surface area (Å²) in [5.74, 6) is 1.35. The van der Waals surface area contributed by atoms with Gasteiger partial charge in [-0.2, -0.15) is 0 Å². The second kappa shape index (κ2) is 9.57. The molecule has 4 saturated carbocycles. The van der Waals surface area contributed by atoms with Crippen LogP contribution in [0.25, 0.3) is 5.57 Å². The molecule has 0 aliphatic heterocycles. The molecule has 1 aromatic carbocycles. The molecule has 0 bridgehead atoms. The van der Waals surface area contributed by atoms with Crippen LogP contribution in [0.5, 0.6) is 0 Å². The first-order valence-corrected chi connectivity index (χ1v) is 16.5. The number of fused-ring (bicyclic) bond motifs is 7. The van der Waals surface area contributed by atoms with Crippen LogP contribution >= 0.6 is 0 Å². The lowest BCUT2D eigenvalue weighted by Gasteiger charge is -2.72. The van der Waals surface area contributed by atoms with Crippen LogP contribution in [-0.4, -0.2) is 24.2 Å². The van der Waals surface area contributed by atoms with Crippen molar-refractivity contribution in [3.63, 3.8) is 0 Å². The number of ether oxygens (including phenoxy) is 1. The second-order valence-corrected chi connectivity index (χ2v) is 16.3. The molecule has 4 heteroatoms. The first-order chi connectivity index (χ1) is 19.7. The van der Waals surface area contributed by atoms with Gasteiger partial charge in [0.1, 0.15) is 0 Å². The van der Waals surface area contributed by atoms with Crippen molar-refractivity contribution in [3.05, 3.63) is 53.6 Å². The largest absolute Gasteiger partial charge is 0.481 e. The number of allylic oxidation sites excluding steroid dienone is 3. The number of aliphatic carboxylic acids is 1. The van der Waals surface area contributed by atoms with Gasteiger partial charge in [-0.3, -0.25) is 4.79 Å². The molecule has 1 N–H and O–H groups in total. The average molecular weight is 573 g/mol. The molecule has 5 aliphatic rings. The van der Waals surface area contributed by atoms with E-state index in [1.54, 1.807) is 0 Å². The third-order valence-corrected chi connectivity index (χ3v) is 14.7. The van der Waals surface area contributed by atoms with Crippen LogP contribution < -0.4 is 0 Å². The Hall–Kier alpha value is -2.36. The summed E-state index contributed by atoms with van der Waals surface area (Å²) in [5, 5.41) is 10.6. The molecule has 1 aromatic rings. The van der Waals surface area contributed by atoms with Crippen molar-refractivity contribution in [3.8, 4) is 0 Å². The Morgan fingerprint density at radius 1 is 0.881 bits per heavy atom. The topological polar surface area (TPSA) is 63.6 Å². The summed E-state index contributed by atoms with van der Waals surface area (Å²) in [5.41, 5.74) is 4.39. The molecule has 228 valence electrons. The van der Waals surface area contributed by atoms with Crippen LogP contribution in [0.4, 0.5) is 0 Å². The zero-order valence-corrected chi connectivity index (χ0v) is 27.0. The molecule has 6 rings (SSSR count). The minimum Gasteiger partial charge on any atom is -0.481 e. The Kier molecular flexibility index (Phi) is 6.77. The fourth-order valence-corrected chi connectivity index (χ4v) is 12.5. The average Bonchev–Trinajstić information content (AvgIpc) is 3.34. The van der Waals surface area contributed by atoms with E-state index >= 15 is 0 Å². The zero-order valence-electron chi connectivity index (χ0n) is 27.0. The number of carboxylic acids is 1. The predicted molar refractivity (Wildman–Crippen MR) is 168 cm³/mol. The van der Waals surface area contributed by atoms with Crippen molar-refractivity contribution in [1.82, 2.24) is 0 Å². The Labute approximate surface area is 253 Å². The third-order valence-electron chi connectivity index (χ3n) is 14.7. The van der Waals surface area contributed by atoms with Gasteiger partial charge < -0.3 is 9.84 Å². The number of rotatable bonds is 4. The molecule has 5 aliphatic carbocycles. The van der Waals surface area contributed by atoms with Gasteiger partial charge in [-0.05, 0) is 139 Å². The van der Waals surface area contributed by atoms with E-state index in [9.17, 15) is 14.7 Å². The molecule has 0 saturated heterocycles. The van der Waals surface area contributed by atoms with E-state index in [1.165, 1.54) is 43.1 Å². The van der Waals surface area contributed by atoms with E-state index in [1.807, 2.05) is 12.1 Å². The van der Waals surface area contributed by atoms with Gasteiger partial charge in [-0.15, -0.1) is 0 Å². The number of carboxylic acid groups (broad SMARTS) is 1. The lowest BCUT2D eigenvalue weighted by molar-refractivity contribution is -0.227. The van der Waals surface area contributed by atoms with Gasteiger partial charge in [0.15, 0.2) is 0 Å². The highest BCUT2D eigenvalue weighted by Gasteiger charge is 2.71. The molecule has 0 heterocycles. The van der Waals surface area contributed by atoms with Gasteiger partial charge >= 0.3 is 11.9 Å². The molecule has 4 nitrogen and oxygen atoms in total. The highest BCUT2D eigenvalue weighted by Crippen LogP contribution is 2.77. The van der Waals surface area contributed by atoms with Crippen LogP contribution in [0.3, 0.4) is 0 Å². The molecule has 4 fully saturated rings. The Morgan fingerprint density at radius 3 is 2.19 bits per heavy atom. The van der Waals surface area contributed by atoms with Crippen molar-refractivity contribution in [2.45, 2.75) is 99.3 Å². The molecule has 0 aromatic heterocycles. The van der Waals surface area contributed by atoms with Crippen molar-refractivity contribution in [1.29, 1.82) is 0 Å². The van der Waals surface area contributed by atoms with Gasteiger partial charge in [-0.25, -0.2) is 4.79 Å². The number of esters is 1. The standard InChI is InChI=1S/C38H52O4/c1-23(2)26-15-20-38(33(40)41)22-21-36(6)28(31(26)38)13-14-30-35(5)18-16-27(24-9-11-25(12-10-24)32(39)42-8)34(3,4)29(35)17-19-37(30,36)7/h9-12,16,26,28-31H,1,13-15,17-22H2,2-8H3,(H,40,41)/t26-,28+,29?,30?,31?,35-,36+,37+,38-/m0/s1. The fraction of sp³-hybridized carbons (Fsp3) is 0.684. The van der Waals surface area contributed by atoms with Gasteiger partial charge in [0.25, 0.3) is 0 Å². The lowest BCUT2D eigenvalue weighted by Crippen LogP contribution is -2.65. The highest BCUT2D eigenvalue weighted by molar-refractivity contribution is 5.90. The summed E-state index contributed by atoms with van der Waals surface area (Å²) in [6.45, 7) is 19.2. The van der Waals surface area contributed by atoms with Crippen LogP contribution in [-0.2, 0) is 9.53 Å². The molecular formula is C38H52O4. The minimum atomic E-state index is -0.564. The molecule has 9 atom stereocenters. The first-order valence-electron chi connectivity index (χ1n) is 16.5.